The largest absolute Gasteiger partial charge is 0.350 e. The fourth-order valence-electron chi connectivity index (χ4n) is 3.63. The first kappa shape index (κ1) is 22.9. The minimum atomic E-state index is -3.58. The van der Waals surface area contributed by atoms with Crippen molar-refractivity contribution in [3.05, 3.63) is 63.1 Å². The highest BCUT2D eigenvalue weighted by molar-refractivity contribution is 7.89. The lowest BCUT2D eigenvalue weighted by atomic mass is 9.99. The molecule has 1 aliphatic rings. The Morgan fingerprint density at radius 1 is 1.34 bits per heavy atom. The van der Waals surface area contributed by atoms with Crippen LogP contribution in [0.1, 0.15) is 45.5 Å². The molecule has 0 bridgehead atoms. The van der Waals surface area contributed by atoms with Gasteiger partial charge in [-0.1, -0.05) is 17.7 Å². The number of thiazole rings is 1. The number of carbonyl (C=O) groups excluding carboxylic acids is 1. The Kier molecular flexibility index (Phi) is 6.94. The average Bonchev–Trinajstić information content (AvgIpc) is 3.48. The molecular formula is C21H24ClN5O3S2. The summed E-state index contributed by atoms with van der Waals surface area (Å²) in [6.45, 7) is 3.15. The smallest absolute Gasteiger partial charge is 0.270 e. The fourth-order valence-corrected chi connectivity index (χ4v) is 6.34. The zero-order valence-electron chi connectivity index (χ0n) is 17.5. The zero-order valence-corrected chi connectivity index (χ0v) is 19.9. The molecule has 0 aliphatic carbocycles. The van der Waals surface area contributed by atoms with Gasteiger partial charge in [0, 0.05) is 54.3 Å². The van der Waals surface area contributed by atoms with Crippen LogP contribution >= 0.6 is 22.9 Å². The lowest BCUT2D eigenvalue weighted by Gasteiger charge is -2.30. The number of halogens is 1. The van der Waals surface area contributed by atoms with Gasteiger partial charge in [-0.15, -0.1) is 11.3 Å². The van der Waals surface area contributed by atoms with Gasteiger partial charge in [0.1, 0.15) is 5.69 Å². The second-order valence-electron chi connectivity index (χ2n) is 7.74. The van der Waals surface area contributed by atoms with Crippen molar-refractivity contribution in [3.8, 4) is 0 Å². The summed E-state index contributed by atoms with van der Waals surface area (Å²) in [6.07, 6.45) is 5.33. The molecule has 1 saturated heterocycles. The molecule has 1 aromatic carbocycles. The van der Waals surface area contributed by atoms with E-state index in [2.05, 4.69) is 20.3 Å². The third-order valence-corrected chi connectivity index (χ3v) is 8.88. The summed E-state index contributed by atoms with van der Waals surface area (Å²) in [6, 6.07) is 4.83. The van der Waals surface area contributed by atoms with Gasteiger partial charge in [-0.2, -0.15) is 4.31 Å². The standard InChI is InChI=1S/C21H24ClN5O3S2/c1-14-2-3-17(10-18(14)22)32(29,30)27-8-5-15(6-9-27)21-26-19(12-31-21)20(28)24-7-4-16-11-23-13-25-16/h2-3,10-13,15H,4-9H2,1H3,(H,23,25)(H,24,28). The number of rotatable bonds is 7. The van der Waals surface area contributed by atoms with Crippen molar-refractivity contribution in [1.82, 2.24) is 24.6 Å². The van der Waals surface area contributed by atoms with Crippen molar-refractivity contribution in [1.29, 1.82) is 0 Å². The van der Waals surface area contributed by atoms with Gasteiger partial charge in [0.05, 0.1) is 16.2 Å². The van der Waals surface area contributed by atoms with E-state index >= 15 is 0 Å². The monoisotopic (exact) mass is 493 g/mol. The van der Waals surface area contributed by atoms with Crippen LogP contribution in [0.2, 0.25) is 5.02 Å². The summed E-state index contributed by atoms with van der Waals surface area (Å²) >= 11 is 7.57. The van der Waals surface area contributed by atoms with Crippen LogP contribution in [-0.2, 0) is 16.4 Å². The number of nitrogens with zero attached hydrogens (tertiary/aromatic N) is 3. The van der Waals surface area contributed by atoms with E-state index in [-0.39, 0.29) is 16.7 Å². The van der Waals surface area contributed by atoms with Crippen LogP contribution in [0.5, 0.6) is 0 Å². The van der Waals surface area contributed by atoms with Gasteiger partial charge in [0.2, 0.25) is 10.0 Å². The van der Waals surface area contributed by atoms with Crippen LogP contribution in [0.3, 0.4) is 0 Å². The number of carbonyl (C=O) groups is 1. The maximum absolute atomic E-state index is 13.0. The molecule has 32 heavy (non-hydrogen) atoms. The van der Waals surface area contributed by atoms with Gasteiger partial charge in [0.15, 0.2) is 0 Å². The number of hydrogen-bond acceptors (Lipinski definition) is 6. The number of piperidine rings is 1. The number of benzene rings is 1. The normalized spacial score (nSPS) is 15.7. The number of hydrogen-bond donors (Lipinski definition) is 2. The average molecular weight is 494 g/mol. The van der Waals surface area contributed by atoms with Crippen LogP contribution < -0.4 is 5.32 Å². The second kappa shape index (κ2) is 9.70. The first-order chi connectivity index (χ1) is 15.3. The van der Waals surface area contributed by atoms with Gasteiger partial charge in [-0.3, -0.25) is 4.79 Å². The summed E-state index contributed by atoms with van der Waals surface area (Å²) in [4.78, 5) is 24.1. The molecule has 1 fully saturated rings. The zero-order chi connectivity index (χ0) is 22.7. The van der Waals surface area contributed by atoms with Crippen molar-refractivity contribution in [2.24, 2.45) is 0 Å². The van der Waals surface area contributed by atoms with Gasteiger partial charge in [-0.25, -0.2) is 18.4 Å². The summed E-state index contributed by atoms with van der Waals surface area (Å²) in [7, 11) is -3.58. The van der Waals surface area contributed by atoms with Crippen molar-refractivity contribution in [2.75, 3.05) is 19.6 Å². The van der Waals surface area contributed by atoms with Crippen molar-refractivity contribution in [2.45, 2.75) is 37.0 Å². The van der Waals surface area contributed by atoms with Crippen LogP contribution in [0.4, 0.5) is 0 Å². The fraction of sp³-hybridized carbons (Fsp3) is 0.381. The lowest BCUT2D eigenvalue weighted by molar-refractivity contribution is 0.0949. The Morgan fingerprint density at radius 2 is 2.12 bits per heavy atom. The van der Waals surface area contributed by atoms with Gasteiger partial charge in [-0.05, 0) is 37.5 Å². The molecule has 170 valence electrons. The third kappa shape index (κ3) is 5.03. The van der Waals surface area contributed by atoms with Crippen molar-refractivity contribution < 1.29 is 13.2 Å². The molecule has 4 rings (SSSR count). The Morgan fingerprint density at radius 3 is 2.81 bits per heavy atom. The van der Waals surface area contributed by atoms with E-state index < -0.39 is 10.0 Å². The molecule has 2 aromatic heterocycles. The van der Waals surface area contributed by atoms with Crippen LogP contribution in [0.15, 0.2) is 41.0 Å². The van der Waals surface area contributed by atoms with Crippen LogP contribution in [0, 0.1) is 6.92 Å². The summed E-state index contributed by atoms with van der Waals surface area (Å²) < 4.78 is 27.4. The van der Waals surface area contributed by atoms with Gasteiger partial charge >= 0.3 is 0 Å². The Hall–Kier alpha value is -2.27. The van der Waals surface area contributed by atoms with E-state index in [0.29, 0.717) is 49.6 Å². The molecule has 0 saturated carbocycles. The topological polar surface area (TPSA) is 108 Å². The molecule has 3 aromatic rings. The number of aromatic nitrogens is 3. The van der Waals surface area contributed by atoms with Crippen LogP contribution in [-0.4, -0.2) is 53.2 Å². The lowest BCUT2D eigenvalue weighted by Crippen LogP contribution is -2.37. The van der Waals surface area contributed by atoms with E-state index in [9.17, 15) is 13.2 Å². The van der Waals surface area contributed by atoms with E-state index in [1.54, 1.807) is 30.0 Å². The molecule has 0 spiro atoms. The predicted molar refractivity (Wildman–Crippen MR) is 124 cm³/mol. The minimum Gasteiger partial charge on any atom is -0.350 e. The van der Waals surface area contributed by atoms with Crippen molar-refractivity contribution >= 4 is 38.9 Å². The maximum atomic E-state index is 13.0. The number of nitrogens with one attached hydrogen (secondary N) is 2. The summed E-state index contributed by atoms with van der Waals surface area (Å²) in [5, 5.41) is 5.95. The van der Waals surface area contributed by atoms with Crippen LogP contribution in [0.25, 0.3) is 0 Å². The molecule has 2 N–H and O–H groups in total. The Bertz CT molecular complexity index is 1190. The molecule has 3 heterocycles. The maximum Gasteiger partial charge on any atom is 0.270 e. The van der Waals surface area contributed by atoms with Gasteiger partial charge < -0.3 is 10.3 Å². The van der Waals surface area contributed by atoms with Gasteiger partial charge in [0.25, 0.3) is 5.91 Å². The predicted octanol–water partition coefficient (Wildman–Crippen LogP) is 3.37. The molecule has 0 unspecified atom stereocenters. The molecule has 0 atom stereocenters. The Labute approximate surface area is 196 Å². The molecule has 0 radical (unpaired) electrons. The molecule has 1 amide bonds. The molecule has 8 nitrogen and oxygen atoms in total. The number of aromatic amines is 1. The highest BCUT2D eigenvalue weighted by Gasteiger charge is 2.31. The SMILES string of the molecule is Cc1ccc(S(=O)(=O)N2CCC(c3nc(C(=O)NCCc4cnc[nH]4)cs3)CC2)cc1Cl. The highest BCUT2D eigenvalue weighted by Crippen LogP contribution is 2.33. The van der Waals surface area contributed by atoms with E-state index in [1.807, 2.05) is 6.92 Å². The van der Waals surface area contributed by atoms with E-state index in [4.69, 9.17) is 11.6 Å². The first-order valence-corrected chi connectivity index (χ1v) is 13.0. The number of amides is 1. The second-order valence-corrected chi connectivity index (χ2v) is 11.0. The number of sulfonamides is 1. The van der Waals surface area contributed by atoms with E-state index in [1.165, 1.54) is 21.7 Å². The molecular weight excluding hydrogens is 470 g/mol. The number of imidazole rings is 1. The number of aryl methyl sites for hydroxylation is 1. The first-order valence-electron chi connectivity index (χ1n) is 10.3. The third-order valence-electron chi connectivity index (χ3n) is 5.57. The van der Waals surface area contributed by atoms with E-state index in [0.717, 1.165) is 16.3 Å². The Balaban J connectivity index is 1.33. The minimum absolute atomic E-state index is 0.139. The summed E-state index contributed by atoms with van der Waals surface area (Å²) in [5.41, 5.74) is 2.20. The molecule has 11 heteroatoms. The quantitative estimate of drug-likeness (QED) is 0.524. The van der Waals surface area contributed by atoms with Crippen molar-refractivity contribution in [3.63, 3.8) is 0 Å². The highest BCUT2D eigenvalue weighted by atomic mass is 35.5. The summed E-state index contributed by atoms with van der Waals surface area (Å²) in [5.74, 6) is -0.0668. The number of H-pyrrole nitrogens is 1. The molecule has 1 aliphatic heterocycles.